The van der Waals surface area contributed by atoms with Crippen LogP contribution in [0.3, 0.4) is 0 Å². The average molecular weight is 468 g/mol. The highest BCUT2D eigenvalue weighted by atomic mass is 35.5. The summed E-state index contributed by atoms with van der Waals surface area (Å²) in [5.41, 5.74) is 1.44. The third-order valence-corrected chi connectivity index (χ3v) is 5.52. The summed E-state index contributed by atoms with van der Waals surface area (Å²) in [7, 11) is 0. The van der Waals surface area contributed by atoms with Crippen molar-refractivity contribution < 1.29 is 23.7 Å². The zero-order valence-electron chi connectivity index (χ0n) is 17.4. The molecule has 2 heterocycles. The van der Waals surface area contributed by atoms with E-state index in [9.17, 15) is 19.7 Å². The molecule has 1 unspecified atom stereocenters. The minimum absolute atomic E-state index is 0.0198. The first-order valence-corrected chi connectivity index (χ1v) is 10.3. The fourth-order valence-electron chi connectivity index (χ4n) is 3.57. The molecule has 4 rings (SSSR count). The largest absolute Gasteiger partial charge is 0.467 e. The smallest absolute Gasteiger partial charge is 0.339 e. The van der Waals surface area contributed by atoms with Gasteiger partial charge in [-0.1, -0.05) is 29.8 Å². The Bertz CT molecular complexity index is 1240. The van der Waals surface area contributed by atoms with Crippen molar-refractivity contribution >= 4 is 34.9 Å². The van der Waals surface area contributed by atoms with Crippen LogP contribution in [0.2, 0.25) is 5.02 Å². The van der Waals surface area contributed by atoms with Crippen LogP contribution in [-0.4, -0.2) is 34.1 Å². The monoisotopic (exact) mass is 467 g/mol. The molecule has 0 saturated carbocycles. The zero-order chi connectivity index (χ0) is 23.5. The Balaban J connectivity index is 1.52. The lowest BCUT2D eigenvalue weighted by Gasteiger charge is -2.19. The summed E-state index contributed by atoms with van der Waals surface area (Å²) in [6.07, 6.45) is 1.90. The van der Waals surface area contributed by atoms with Gasteiger partial charge in [0.15, 0.2) is 6.61 Å². The molecule has 1 aromatic heterocycles. The van der Waals surface area contributed by atoms with Gasteiger partial charge in [0.25, 0.3) is 11.6 Å². The Kier molecular flexibility index (Phi) is 6.23. The number of esters is 1. The first kappa shape index (κ1) is 22.2. The van der Waals surface area contributed by atoms with Crippen LogP contribution in [-0.2, 0) is 9.53 Å². The molecule has 3 aromatic rings. The van der Waals surface area contributed by atoms with Crippen molar-refractivity contribution in [2.45, 2.75) is 19.4 Å². The number of nitrogens with zero attached hydrogens (tertiary/aromatic N) is 3. The molecule has 1 aliphatic rings. The molecule has 0 bridgehead atoms. The number of nitro groups is 1. The summed E-state index contributed by atoms with van der Waals surface area (Å²) in [5.74, 6) is -0.853. The molecule has 0 N–H and O–H groups in total. The molecule has 0 aliphatic carbocycles. The highest BCUT2D eigenvalue weighted by Crippen LogP contribution is 2.33. The van der Waals surface area contributed by atoms with Crippen molar-refractivity contribution in [1.82, 2.24) is 5.01 Å². The number of carbonyl (C=O) groups excluding carboxylic acids is 2. The maximum atomic E-state index is 12.9. The van der Waals surface area contributed by atoms with E-state index in [1.54, 1.807) is 36.4 Å². The molecule has 1 atom stereocenters. The fourth-order valence-corrected chi connectivity index (χ4v) is 3.70. The average Bonchev–Trinajstić information content (AvgIpc) is 3.48. The van der Waals surface area contributed by atoms with Crippen molar-refractivity contribution in [3.05, 3.63) is 98.4 Å². The van der Waals surface area contributed by atoms with Crippen LogP contribution in [0.15, 0.2) is 70.4 Å². The van der Waals surface area contributed by atoms with Crippen LogP contribution in [0.25, 0.3) is 0 Å². The van der Waals surface area contributed by atoms with Gasteiger partial charge in [0.2, 0.25) is 0 Å². The van der Waals surface area contributed by atoms with Gasteiger partial charge in [-0.2, -0.15) is 5.10 Å². The predicted octanol–water partition coefficient (Wildman–Crippen LogP) is 4.68. The highest BCUT2D eigenvalue weighted by molar-refractivity contribution is 6.30. The molecule has 0 spiro atoms. The van der Waals surface area contributed by atoms with E-state index in [0.29, 0.717) is 22.9 Å². The number of ether oxygens (including phenoxy) is 1. The first-order valence-electron chi connectivity index (χ1n) is 9.95. The van der Waals surface area contributed by atoms with E-state index in [4.69, 9.17) is 20.8 Å². The second-order valence-corrected chi connectivity index (χ2v) is 7.75. The van der Waals surface area contributed by atoms with Crippen LogP contribution in [0.5, 0.6) is 0 Å². The van der Waals surface area contributed by atoms with E-state index in [0.717, 1.165) is 5.56 Å². The number of amides is 1. The number of halogens is 1. The summed E-state index contributed by atoms with van der Waals surface area (Å²) in [5, 5.41) is 17.4. The topological polar surface area (TPSA) is 115 Å². The molecule has 33 heavy (non-hydrogen) atoms. The van der Waals surface area contributed by atoms with Gasteiger partial charge in [-0.3, -0.25) is 14.9 Å². The zero-order valence-corrected chi connectivity index (χ0v) is 18.2. The molecular formula is C23H18ClN3O6. The Hall–Kier alpha value is -3.98. The van der Waals surface area contributed by atoms with Gasteiger partial charge in [0.05, 0.1) is 22.5 Å². The molecule has 1 amide bonds. The summed E-state index contributed by atoms with van der Waals surface area (Å²) in [6, 6.07) is 14.1. The van der Waals surface area contributed by atoms with E-state index < -0.39 is 29.4 Å². The van der Waals surface area contributed by atoms with Crippen molar-refractivity contribution in [3.63, 3.8) is 0 Å². The van der Waals surface area contributed by atoms with Crippen LogP contribution in [0.1, 0.15) is 39.7 Å². The van der Waals surface area contributed by atoms with Gasteiger partial charge >= 0.3 is 5.97 Å². The van der Waals surface area contributed by atoms with Crippen LogP contribution in [0, 0.1) is 17.0 Å². The van der Waals surface area contributed by atoms with Gasteiger partial charge in [-0.15, -0.1) is 0 Å². The Morgan fingerprint density at radius 2 is 1.97 bits per heavy atom. The molecule has 1 aliphatic heterocycles. The SMILES string of the molecule is Cc1c(C(=O)OCC(=O)N2N=C(c3ccc(Cl)cc3)CC2c2ccco2)cccc1[N+](=O)[O-]. The summed E-state index contributed by atoms with van der Waals surface area (Å²) in [6.45, 7) is 0.863. The second-order valence-electron chi connectivity index (χ2n) is 7.31. The molecule has 9 nitrogen and oxygen atoms in total. The van der Waals surface area contributed by atoms with E-state index in [-0.39, 0.29) is 16.8 Å². The van der Waals surface area contributed by atoms with Crippen molar-refractivity contribution in [2.75, 3.05) is 6.61 Å². The summed E-state index contributed by atoms with van der Waals surface area (Å²) < 4.78 is 10.7. The van der Waals surface area contributed by atoms with Crippen LogP contribution < -0.4 is 0 Å². The molecule has 0 fully saturated rings. The second kappa shape index (κ2) is 9.25. The van der Waals surface area contributed by atoms with Crippen molar-refractivity contribution in [2.24, 2.45) is 5.10 Å². The Morgan fingerprint density at radius 3 is 2.64 bits per heavy atom. The van der Waals surface area contributed by atoms with Crippen molar-refractivity contribution in [1.29, 1.82) is 0 Å². The molecule has 10 heteroatoms. The lowest BCUT2D eigenvalue weighted by molar-refractivity contribution is -0.385. The summed E-state index contributed by atoms with van der Waals surface area (Å²) >= 11 is 5.96. The van der Waals surface area contributed by atoms with Crippen LogP contribution >= 0.6 is 11.6 Å². The highest BCUT2D eigenvalue weighted by Gasteiger charge is 2.35. The van der Waals surface area contributed by atoms with E-state index >= 15 is 0 Å². The minimum atomic E-state index is -0.833. The standard InChI is InChI=1S/C23H18ClN3O6/c1-14-17(4-2-5-19(14)27(30)31)23(29)33-13-22(28)26-20(21-6-3-11-32-21)12-18(25-26)15-7-9-16(24)10-8-15/h2-11,20H,12-13H2,1H3. The first-order chi connectivity index (χ1) is 15.8. The molecular weight excluding hydrogens is 450 g/mol. The number of nitro benzene ring substituents is 1. The number of hydrogen-bond donors (Lipinski definition) is 0. The van der Waals surface area contributed by atoms with Crippen LogP contribution in [0.4, 0.5) is 5.69 Å². The van der Waals surface area contributed by atoms with Gasteiger partial charge < -0.3 is 9.15 Å². The number of hydrazone groups is 1. The molecule has 2 aromatic carbocycles. The third kappa shape index (κ3) is 4.63. The number of carbonyl (C=O) groups is 2. The van der Waals surface area contributed by atoms with Gasteiger partial charge in [-0.05, 0) is 42.8 Å². The fraction of sp³-hybridized carbons (Fsp3) is 0.174. The molecule has 168 valence electrons. The predicted molar refractivity (Wildman–Crippen MR) is 119 cm³/mol. The maximum absolute atomic E-state index is 12.9. The lowest BCUT2D eigenvalue weighted by Crippen LogP contribution is -2.31. The number of hydrogen-bond acceptors (Lipinski definition) is 7. The Labute approximate surface area is 193 Å². The Morgan fingerprint density at radius 1 is 1.21 bits per heavy atom. The number of furan rings is 1. The van der Waals surface area contributed by atoms with Crippen molar-refractivity contribution in [3.8, 4) is 0 Å². The number of rotatable bonds is 6. The minimum Gasteiger partial charge on any atom is -0.467 e. The normalized spacial score (nSPS) is 15.3. The number of benzene rings is 2. The van der Waals surface area contributed by atoms with E-state index in [2.05, 4.69) is 5.10 Å². The molecule has 0 saturated heterocycles. The van der Waals surface area contributed by atoms with E-state index in [1.807, 2.05) is 0 Å². The quantitative estimate of drug-likeness (QED) is 0.295. The van der Waals surface area contributed by atoms with Gasteiger partial charge in [0.1, 0.15) is 11.8 Å². The van der Waals surface area contributed by atoms with Gasteiger partial charge in [-0.25, -0.2) is 9.80 Å². The maximum Gasteiger partial charge on any atom is 0.339 e. The summed E-state index contributed by atoms with van der Waals surface area (Å²) in [4.78, 5) is 36.0. The molecule has 0 radical (unpaired) electrons. The lowest BCUT2D eigenvalue weighted by atomic mass is 10.0. The van der Waals surface area contributed by atoms with E-state index in [1.165, 1.54) is 36.4 Å². The third-order valence-electron chi connectivity index (χ3n) is 5.26. The van der Waals surface area contributed by atoms with Gasteiger partial charge in [0, 0.05) is 23.1 Å².